The third kappa shape index (κ3) is 3.99. The summed E-state index contributed by atoms with van der Waals surface area (Å²) in [5, 5.41) is 8.51. The number of aromatic nitrogens is 2. The molecule has 0 spiro atoms. The number of anilines is 1. The highest BCUT2D eigenvalue weighted by Crippen LogP contribution is 2.17. The molecule has 126 valence electrons. The highest BCUT2D eigenvalue weighted by atomic mass is 16.2. The lowest BCUT2D eigenvalue weighted by molar-refractivity contribution is 0.0636. The van der Waals surface area contributed by atoms with Gasteiger partial charge in [-0.3, -0.25) is 4.79 Å². The zero-order valence-electron chi connectivity index (χ0n) is 14.1. The molecule has 0 atom stereocenters. The molecule has 0 unspecified atom stereocenters. The second-order valence-electron chi connectivity index (χ2n) is 6.40. The van der Waals surface area contributed by atoms with E-state index in [1.165, 1.54) is 25.7 Å². The predicted molar refractivity (Wildman–Crippen MR) is 90.7 cm³/mol. The van der Waals surface area contributed by atoms with Crippen LogP contribution in [0.25, 0.3) is 0 Å². The van der Waals surface area contributed by atoms with Crippen molar-refractivity contribution in [3.05, 3.63) is 17.8 Å². The quantitative estimate of drug-likeness (QED) is 0.848. The van der Waals surface area contributed by atoms with Crippen LogP contribution in [0.4, 0.5) is 5.82 Å². The maximum absolute atomic E-state index is 12.5. The van der Waals surface area contributed by atoms with E-state index in [1.807, 2.05) is 17.0 Å². The van der Waals surface area contributed by atoms with Crippen molar-refractivity contribution in [3.8, 4) is 0 Å². The van der Waals surface area contributed by atoms with Gasteiger partial charge in [0.25, 0.3) is 5.91 Å². The van der Waals surface area contributed by atoms with E-state index in [9.17, 15) is 4.79 Å². The number of carbonyl (C=O) groups excluding carboxylic acids is 1. The fourth-order valence-electron chi connectivity index (χ4n) is 3.34. The van der Waals surface area contributed by atoms with E-state index in [0.717, 1.165) is 51.6 Å². The predicted octanol–water partition coefficient (Wildman–Crippen LogP) is 1.63. The van der Waals surface area contributed by atoms with Crippen molar-refractivity contribution < 1.29 is 4.79 Å². The lowest BCUT2D eigenvalue weighted by Gasteiger charge is -2.33. The van der Waals surface area contributed by atoms with Gasteiger partial charge in [-0.1, -0.05) is 19.8 Å². The third-order valence-corrected chi connectivity index (χ3v) is 4.91. The largest absolute Gasteiger partial charge is 0.355 e. The topological polar surface area (TPSA) is 52.6 Å². The highest BCUT2D eigenvalue weighted by Gasteiger charge is 2.22. The van der Waals surface area contributed by atoms with E-state index in [1.54, 1.807) is 0 Å². The van der Waals surface area contributed by atoms with E-state index in [-0.39, 0.29) is 5.91 Å². The van der Waals surface area contributed by atoms with Crippen LogP contribution in [-0.2, 0) is 0 Å². The Morgan fingerprint density at radius 2 is 1.65 bits per heavy atom. The average molecular weight is 317 g/mol. The summed E-state index contributed by atoms with van der Waals surface area (Å²) in [5.74, 6) is 0.912. The molecule has 23 heavy (non-hydrogen) atoms. The molecular formula is C17H27N5O. The second kappa shape index (κ2) is 7.73. The molecule has 0 radical (unpaired) electrons. The van der Waals surface area contributed by atoms with Crippen molar-refractivity contribution in [1.29, 1.82) is 0 Å². The summed E-state index contributed by atoms with van der Waals surface area (Å²) < 4.78 is 0. The smallest absolute Gasteiger partial charge is 0.274 e. The van der Waals surface area contributed by atoms with Gasteiger partial charge in [-0.05, 0) is 31.5 Å². The van der Waals surface area contributed by atoms with Crippen molar-refractivity contribution in [2.45, 2.75) is 32.6 Å². The first kappa shape index (κ1) is 16.2. The van der Waals surface area contributed by atoms with Crippen molar-refractivity contribution >= 4 is 11.7 Å². The minimum Gasteiger partial charge on any atom is -0.355 e. The minimum atomic E-state index is 0.00988. The van der Waals surface area contributed by atoms with E-state index in [0.29, 0.717) is 5.69 Å². The molecule has 1 amide bonds. The molecule has 0 N–H and O–H groups in total. The second-order valence-corrected chi connectivity index (χ2v) is 6.40. The molecule has 0 aliphatic carbocycles. The van der Waals surface area contributed by atoms with Crippen LogP contribution < -0.4 is 4.90 Å². The number of likely N-dealkylation sites (N-methyl/N-ethyl adjacent to an activating group) is 1. The van der Waals surface area contributed by atoms with Crippen LogP contribution in [0.3, 0.4) is 0 Å². The first-order valence-corrected chi connectivity index (χ1v) is 8.88. The average Bonchev–Trinajstić information content (AvgIpc) is 2.91. The summed E-state index contributed by atoms with van der Waals surface area (Å²) in [4.78, 5) is 19.1. The number of carbonyl (C=O) groups is 1. The van der Waals surface area contributed by atoms with Gasteiger partial charge < -0.3 is 14.7 Å². The van der Waals surface area contributed by atoms with Gasteiger partial charge in [-0.25, -0.2) is 0 Å². The van der Waals surface area contributed by atoms with Crippen LogP contribution in [0.5, 0.6) is 0 Å². The summed E-state index contributed by atoms with van der Waals surface area (Å²) >= 11 is 0. The minimum absolute atomic E-state index is 0.00988. The maximum Gasteiger partial charge on any atom is 0.274 e. The van der Waals surface area contributed by atoms with E-state index in [2.05, 4.69) is 26.9 Å². The van der Waals surface area contributed by atoms with Crippen LogP contribution in [0.1, 0.15) is 43.1 Å². The summed E-state index contributed by atoms with van der Waals surface area (Å²) in [7, 11) is 0. The highest BCUT2D eigenvalue weighted by molar-refractivity contribution is 5.92. The monoisotopic (exact) mass is 317 g/mol. The molecular weight excluding hydrogens is 290 g/mol. The lowest BCUT2D eigenvalue weighted by Crippen LogP contribution is -2.48. The van der Waals surface area contributed by atoms with Gasteiger partial charge >= 0.3 is 0 Å². The van der Waals surface area contributed by atoms with Gasteiger partial charge in [-0.2, -0.15) is 0 Å². The Hall–Kier alpha value is -1.69. The SMILES string of the molecule is CCN1CCN(C(=O)c2ccc(N3CCCCCC3)nn2)CC1. The molecule has 2 fully saturated rings. The van der Waals surface area contributed by atoms with Crippen LogP contribution in [-0.4, -0.2) is 71.7 Å². The maximum atomic E-state index is 12.5. The lowest BCUT2D eigenvalue weighted by atomic mass is 10.2. The van der Waals surface area contributed by atoms with Gasteiger partial charge in [0, 0.05) is 39.3 Å². The van der Waals surface area contributed by atoms with Crippen molar-refractivity contribution in [2.75, 3.05) is 50.7 Å². The zero-order valence-corrected chi connectivity index (χ0v) is 14.1. The molecule has 0 saturated carbocycles. The Morgan fingerprint density at radius 3 is 2.22 bits per heavy atom. The summed E-state index contributed by atoms with van der Waals surface area (Å²) in [6.45, 7) is 8.74. The van der Waals surface area contributed by atoms with E-state index in [4.69, 9.17) is 0 Å². The Bertz CT molecular complexity index is 502. The molecule has 2 saturated heterocycles. The molecule has 2 aliphatic heterocycles. The number of hydrogen-bond donors (Lipinski definition) is 0. The molecule has 6 nitrogen and oxygen atoms in total. The molecule has 6 heteroatoms. The van der Waals surface area contributed by atoms with Crippen LogP contribution in [0, 0.1) is 0 Å². The van der Waals surface area contributed by atoms with Crippen molar-refractivity contribution in [3.63, 3.8) is 0 Å². The summed E-state index contributed by atoms with van der Waals surface area (Å²) in [5.41, 5.74) is 0.466. The number of piperazine rings is 1. The number of hydrogen-bond acceptors (Lipinski definition) is 5. The van der Waals surface area contributed by atoms with Gasteiger partial charge in [-0.15, -0.1) is 10.2 Å². The Labute approximate surface area is 138 Å². The first-order chi connectivity index (χ1) is 11.3. The van der Waals surface area contributed by atoms with Crippen LogP contribution in [0.15, 0.2) is 12.1 Å². The molecule has 3 heterocycles. The summed E-state index contributed by atoms with van der Waals surface area (Å²) in [6.07, 6.45) is 5.02. The molecule has 0 bridgehead atoms. The third-order valence-electron chi connectivity index (χ3n) is 4.91. The Kier molecular flexibility index (Phi) is 5.43. The van der Waals surface area contributed by atoms with Crippen molar-refractivity contribution in [1.82, 2.24) is 20.0 Å². The van der Waals surface area contributed by atoms with Crippen LogP contribution in [0.2, 0.25) is 0 Å². The van der Waals surface area contributed by atoms with Crippen LogP contribution >= 0.6 is 0 Å². The summed E-state index contributed by atoms with van der Waals surface area (Å²) in [6, 6.07) is 3.79. The fraction of sp³-hybridized carbons (Fsp3) is 0.706. The number of amides is 1. The van der Waals surface area contributed by atoms with E-state index >= 15 is 0 Å². The molecule has 0 aromatic carbocycles. The first-order valence-electron chi connectivity index (χ1n) is 8.88. The fourth-order valence-corrected chi connectivity index (χ4v) is 3.34. The Balaban J connectivity index is 1.61. The van der Waals surface area contributed by atoms with Gasteiger partial charge in [0.05, 0.1) is 0 Å². The molecule has 1 aromatic rings. The normalized spacial score (nSPS) is 20.4. The van der Waals surface area contributed by atoms with Gasteiger partial charge in [0.2, 0.25) is 0 Å². The van der Waals surface area contributed by atoms with E-state index < -0.39 is 0 Å². The molecule has 2 aliphatic rings. The standard InChI is InChI=1S/C17H27N5O/c1-2-20-11-13-22(14-12-20)17(23)15-7-8-16(19-18-15)21-9-5-3-4-6-10-21/h7-8H,2-6,9-14H2,1H3. The zero-order chi connectivity index (χ0) is 16.1. The molecule has 1 aromatic heterocycles. The van der Waals surface area contributed by atoms with Crippen molar-refractivity contribution in [2.24, 2.45) is 0 Å². The van der Waals surface area contributed by atoms with Gasteiger partial charge in [0.1, 0.15) is 0 Å². The van der Waals surface area contributed by atoms with Gasteiger partial charge in [0.15, 0.2) is 11.5 Å². The number of nitrogens with zero attached hydrogens (tertiary/aromatic N) is 5. The number of rotatable bonds is 3. The molecule has 3 rings (SSSR count). The Morgan fingerprint density at radius 1 is 0.957 bits per heavy atom.